The normalized spacial score (nSPS) is 12.3. The highest BCUT2D eigenvalue weighted by Crippen LogP contribution is 2.16. The molecular formula is C16H20N4O. The van der Waals surface area contributed by atoms with E-state index < -0.39 is 0 Å². The first-order valence-electron chi connectivity index (χ1n) is 7.13. The van der Waals surface area contributed by atoms with E-state index in [0.717, 1.165) is 11.0 Å². The number of nitrogens with zero attached hydrogens (tertiary/aromatic N) is 3. The number of para-hydroxylation sites is 2. The molecule has 2 rings (SSSR count). The number of aromatic nitrogens is 2. The van der Waals surface area contributed by atoms with Crippen molar-refractivity contribution in [2.45, 2.75) is 39.8 Å². The van der Waals surface area contributed by atoms with Gasteiger partial charge in [0.15, 0.2) is 0 Å². The fourth-order valence-corrected chi connectivity index (χ4v) is 2.12. The first-order chi connectivity index (χ1) is 10.0. The van der Waals surface area contributed by atoms with Crippen LogP contribution >= 0.6 is 0 Å². The van der Waals surface area contributed by atoms with Gasteiger partial charge in [-0.15, -0.1) is 0 Å². The Bertz CT molecular complexity index is 681. The first-order valence-corrected chi connectivity index (χ1v) is 7.13. The zero-order valence-corrected chi connectivity index (χ0v) is 12.6. The Labute approximate surface area is 124 Å². The minimum atomic E-state index is -0.0569. The van der Waals surface area contributed by atoms with Crippen molar-refractivity contribution >= 4 is 16.9 Å². The lowest BCUT2D eigenvalue weighted by Crippen LogP contribution is -2.38. The van der Waals surface area contributed by atoms with Crippen LogP contribution in [0.4, 0.5) is 0 Å². The fraction of sp³-hybridized carbons (Fsp3) is 0.438. The molecule has 0 saturated carbocycles. The molecule has 110 valence electrons. The van der Waals surface area contributed by atoms with E-state index in [2.05, 4.69) is 30.2 Å². The molecule has 2 aromatic rings. The van der Waals surface area contributed by atoms with Crippen molar-refractivity contribution in [3.05, 3.63) is 30.1 Å². The standard InChI is InChI=1S/C16H20N4O/c1-11(2)12(3)18-16(21)10-20-14-7-5-4-6-13(14)19-15(20)8-9-17/h4-7,11-12H,8,10H2,1-3H3,(H,18,21). The van der Waals surface area contributed by atoms with Crippen molar-refractivity contribution in [3.8, 4) is 6.07 Å². The van der Waals surface area contributed by atoms with E-state index in [4.69, 9.17) is 5.26 Å². The summed E-state index contributed by atoms with van der Waals surface area (Å²) in [5.41, 5.74) is 1.70. The predicted octanol–water partition coefficient (Wildman–Crippen LogP) is 2.26. The quantitative estimate of drug-likeness (QED) is 0.915. The second kappa shape index (κ2) is 6.40. The molecule has 0 radical (unpaired) electrons. The van der Waals surface area contributed by atoms with Crippen molar-refractivity contribution in [2.75, 3.05) is 0 Å². The molecule has 1 atom stereocenters. The number of hydrogen-bond donors (Lipinski definition) is 1. The molecule has 1 heterocycles. The molecule has 5 nitrogen and oxygen atoms in total. The molecule has 1 unspecified atom stereocenters. The lowest BCUT2D eigenvalue weighted by molar-refractivity contribution is -0.122. The van der Waals surface area contributed by atoms with Gasteiger partial charge in [0, 0.05) is 6.04 Å². The SMILES string of the molecule is CC(C)C(C)NC(=O)Cn1c(CC#N)nc2ccccc21. The second-order valence-electron chi connectivity index (χ2n) is 5.54. The van der Waals surface area contributed by atoms with Gasteiger partial charge in [-0.05, 0) is 25.0 Å². The van der Waals surface area contributed by atoms with Gasteiger partial charge in [-0.25, -0.2) is 4.98 Å². The van der Waals surface area contributed by atoms with Crippen molar-refractivity contribution in [2.24, 2.45) is 5.92 Å². The molecule has 0 aliphatic heterocycles. The minimum Gasteiger partial charge on any atom is -0.352 e. The van der Waals surface area contributed by atoms with E-state index in [0.29, 0.717) is 11.7 Å². The molecule has 0 fully saturated rings. The van der Waals surface area contributed by atoms with Crippen LogP contribution < -0.4 is 5.32 Å². The molecule has 1 N–H and O–H groups in total. The molecule has 0 saturated heterocycles. The number of hydrogen-bond acceptors (Lipinski definition) is 3. The Morgan fingerprint density at radius 3 is 2.76 bits per heavy atom. The van der Waals surface area contributed by atoms with Crippen LogP contribution in [-0.2, 0) is 17.8 Å². The zero-order chi connectivity index (χ0) is 15.4. The number of fused-ring (bicyclic) bond motifs is 1. The summed E-state index contributed by atoms with van der Waals surface area (Å²) >= 11 is 0. The first kappa shape index (κ1) is 15.0. The Balaban J connectivity index is 2.26. The summed E-state index contributed by atoms with van der Waals surface area (Å²) in [7, 11) is 0. The average Bonchev–Trinajstić information content (AvgIpc) is 2.77. The van der Waals surface area contributed by atoms with Gasteiger partial charge >= 0.3 is 0 Å². The van der Waals surface area contributed by atoms with E-state index in [9.17, 15) is 4.79 Å². The van der Waals surface area contributed by atoms with Gasteiger partial charge in [-0.3, -0.25) is 4.79 Å². The number of carbonyl (C=O) groups is 1. The maximum Gasteiger partial charge on any atom is 0.240 e. The summed E-state index contributed by atoms with van der Waals surface area (Å²) in [6, 6.07) is 9.84. The van der Waals surface area contributed by atoms with Crippen molar-refractivity contribution in [1.82, 2.24) is 14.9 Å². The van der Waals surface area contributed by atoms with Crippen LogP contribution in [0.15, 0.2) is 24.3 Å². The Hall–Kier alpha value is -2.35. The third kappa shape index (κ3) is 3.40. The van der Waals surface area contributed by atoms with E-state index in [1.165, 1.54) is 0 Å². The van der Waals surface area contributed by atoms with E-state index in [1.54, 1.807) is 0 Å². The number of amides is 1. The van der Waals surface area contributed by atoms with Crippen LogP contribution in [0.1, 0.15) is 26.6 Å². The maximum absolute atomic E-state index is 12.2. The van der Waals surface area contributed by atoms with Gasteiger partial charge in [-0.2, -0.15) is 5.26 Å². The van der Waals surface area contributed by atoms with Crippen molar-refractivity contribution in [1.29, 1.82) is 5.26 Å². The smallest absolute Gasteiger partial charge is 0.240 e. The topological polar surface area (TPSA) is 70.7 Å². The predicted molar refractivity (Wildman–Crippen MR) is 81.5 cm³/mol. The molecule has 1 aromatic heterocycles. The van der Waals surface area contributed by atoms with Crippen LogP contribution in [-0.4, -0.2) is 21.5 Å². The molecule has 5 heteroatoms. The molecule has 0 aliphatic rings. The van der Waals surface area contributed by atoms with Crippen molar-refractivity contribution in [3.63, 3.8) is 0 Å². The van der Waals surface area contributed by atoms with Gasteiger partial charge in [0.2, 0.25) is 5.91 Å². The summed E-state index contributed by atoms with van der Waals surface area (Å²) < 4.78 is 1.82. The summed E-state index contributed by atoms with van der Waals surface area (Å²) in [6.45, 7) is 6.32. The van der Waals surface area contributed by atoms with Crippen LogP contribution in [0.3, 0.4) is 0 Å². The average molecular weight is 284 g/mol. The Morgan fingerprint density at radius 2 is 2.10 bits per heavy atom. The molecular weight excluding hydrogens is 264 g/mol. The van der Waals surface area contributed by atoms with Gasteiger partial charge in [-0.1, -0.05) is 26.0 Å². The van der Waals surface area contributed by atoms with E-state index >= 15 is 0 Å². The maximum atomic E-state index is 12.2. The highest BCUT2D eigenvalue weighted by molar-refractivity contribution is 5.81. The van der Waals surface area contributed by atoms with Gasteiger partial charge in [0.1, 0.15) is 12.4 Å². The lowest BCUT2D eigenvalue weighted by atomic mass is 10.1. The fourth-order valence-electron chi connectivity index (χ4n) is 2.12. The summed E-state index contributed by atoms with van der Waals surface area (Å²) in [5, 5.41) is 11.9. The van der Waals surface area contributed by atoms with Gasteiger partial charge in [0.05, 0.1) is 23.5 Å². The number of imidazole rings is 1. The van der Waals surface area contributed by atoms with Crippen LogP contribution in [0.5, 0.6) is 0 Å². The monoisotopic (exact) mass is 284 g/mol. The van der Waals surface area contributed by atoms with Crippen LogP contribution in [0, 0.1) is 17.2 Å². The molecule has 21 heavy (non-hydrogen) atoms. The molecule has 0 spiro atoms. The third-order valence-electron chi connectivity index (χ3n) is 3.66. The third-order valence-corrected chi connectivity index (χ3v) is 3.66. The highest BCUT2D eigenvalue weighted by atomic mass is 16.2. The van der Waals surface area contributed by atoms with E-state index in [-0.39, 0.29) is 24.9 Å². The molecule has 1 amide bonds. The van der Waals surface area contributed by atoms with Gasteiger partial charge < -0.3 is 9.88 Å². The lowest BCUT2D eigenvalue weighted by Gasteiger charge is -2.18. The Morgan fingerprint density at radius 1 is 1.38 bits per heavy atom. The number of nitriles is 1. The molecule has 1 aromatic carbocycles. The zero-order valence-electron chi connectivity index (χ0n) is 12.6. The number of nitrogens with one attached hydrogen (secondary N) is 1. The summed E-state index contributed by atoms with van der Waals surface area (Å²) in [5.74, 6) is 0.955. The van der Waals surface area contributed by atoms with Crippen molar-refractivity contribution < 1.29 is 4.79 Å². The Kier molecular flexibility index (Phi) is 4.59. The van der Waals surface area contributed by atoms with Gasteiger partial charge in [0.25, 0.3) is 0 Å². The molecule has 0 bridgehead atoms. The summed E-state index contributed by atoms with van der Waals surface area (Å²) in [4.78, 5) is 16.6. The minimum absolute atomic E-state index is 0.0569. The number of benzene rings is 1. The van der Waals surface area contributed by atoms with Crippen LogP contribution in [0.2, 0.25) is 0 Å². The molecule has 0 aliphatic carbocycles. The summed E-state index contributed by atoms with van der Waals surface area (Å²) in [6.07, 6.45) is 0.196. The second-order valence-corrected chi connectivity index (χ2v) is 5.54. The number of carbonyl (C=O) groups excluding carboxylic acids is 1. The van der Waals surface area contributed by atoms with Crippen LogP contribution in [0.25, 0.3) is 11.0 Å². The largest absolute Gasteiger partial charge is 0.352 e. The van der Waals surface area contributed by atoms with E-state index in [1.807, 2.05) is 35.8 Å². The highest BCUT2D eigenvalue weighted by Gasteiger charge is 2.15. The number of rotatable bonds is 5.